The summed E-state index contributed by atoms with van der Waals surface area (Å²) in [6.45, 7) is 0. The molecule has 2 aromatic heterocycles. The number of hydrogen-bond donors (Lipinski definition) is 0. The van der Waals surface area contributed by atoms with Gasteiger partial charge in [-0.15, -0.1) is 0 Å². The highest BCUT2D eigenvalue weighted by atomic mass is 15.0. The second-order valence-electron chi connectivity index (χ2n) is 16.4. The van der Waals surface area contributed by atoms with Crippen molar-refractivity contribution in [2.75, 3.05) is 0 Å². The number of aromatic nitrogens is 2. The number of para-hydroxylation sites is 4. The van der Waals surface area contributed by atoms with Crippen LogP contribution in [0.25, 0.3) is 66.2 Å². The zero-order chi connectivity index (χ0) is 44.1. The minimum absolute atomic E-state index is 1.19. The summed E-state index contributed by atoms with van der Waals surface area (Å²) < 4.78 is 4.88. The fourth-order valence-corrected chi connectivity index (χ4v) is 9.59. The minimum atomic E-state index is 1.19. The Morgan fingerprint density at radius 3 is 0.591 bits per heavy atom. The molecule has 0 bridgehead atoms. The second-order valence-corrected chi connectivity index (χ2v) is 16.4. The first kappa shape index (κ1) is 40.1. The van der Waals surface area contributed by atoms with E-state index < -0.39 is 0 Å². The first-order valence-electron chi connectivity index (χ1n) is 22.6. The molecule has 0 unspecified atom stereocenters. The Hall–Kier alpha value is -8.72. The predicted molar refractivity (Wildman–Crippen MR) is 280 cm³/mol. The van der Waals surface area contributed by atoms with E-state index >= 15 is 0 Å². The van der Waals surface area contributed by atoms with E-state index in [1.165, 1.54) is 99.5 Å². The van der Waals surface area contributed by atoms with Gasteiger partial charge in [0.1, 0.15) is 0 Å². The number of nitrogens with zero attached hydrogens (tertiary/aromatic N) is 2. The molecule has 0 aliphatic carbocycles. The molecule has 66 heavy (non-hydrogen) atoms. The molecule has 2 heterocycles. The normalized spacial score (nSPS) is 11.0. The van der Waals surface area contributed by atoms with Crippen LogP contribution in [0.5, 0.6) is 0 Å². The molecule has 0 fully saturated rings. The third kappa shape index (κ3) is 7.51. The van der Waals surface area contributed by atoms with Crippen molar-refractivity contribution in [3.63, 3.8) is 0 Å². The third-order valence-corrected chi connectivity index (χ3v) is 12.4. The van der Waals surface area contributed by atoms with Gasteiger partial charge in [-0.3, -0.25) is 0 Å². The van der Waals surface area contributed by atoms with E-state index in [4.69, 9.17) is 0 Å². The van der Waals surface area contributed by atoms with Gasteiger partial charge < -0.3 is 9.13 Å². The number of rotatable bonds is 8. The summed E-state index contributed by atoms with van der Waals surface area (Å²) in [5.41, 5.74) is 16.8. The van der Waals surface area contributed by atoms with Gasteiger partial charge in [0.15, 0.2) is 0 Å². The van der Waals surface area contributed by atoms with Crippen LogP contribution in [0.1, 0.15) is 33.4 Å². The highest BCUT2D eigenvalue weighted by Gasteiger charge is 2.22. The fraction of sp³-hybridized carbons (Fsp3) is 0. The number of benzene rings is 10. The maximum Gasteiger partial charge on any atom is 0.0618 e. The Labute approximate surface area is 385 Å². The van der Waals surface area contributed by atoms with Crippen LogP contribution in [0.2, 0.25) is 0 Å². The summed E-state index contributed by atoms with van der Waals surface area (Å²) in [5.74, 6) is 0. The molecule has 0 N–H and O–H groups in total. The Balaban J connectivity index is 0.000000146. The van der Waals surface area contributed by atoms with Gasteiger partial charge >= 0.3 is 0 Å². The lowest BCUT2D eigenvalue weighted by Crippen LogP contribution is -2.04. The van der Waals surface area contributed by atoms with Crippen molar-refractivity contribution in [3.8, 4) is 0 Å². The van der Waals surface area contributed by atoms with Gasteiger partial charge in [-0.1, -0.05) is 255 Å². The second kappa shape index (κ2) is 18.2. The van der Waals surface area contributed by atoms with Crippen molar-refractivity contribution in [2.24, 2.45) is 0 Å². The van der Waals surface area contributed by atoms with Gasteiger partial charge in [0.25, 0.3) is 0 Å². The summed E-state index contributed by atoms with van der Waals surface area (Å²) in [6, 6.07) is 99.2. The van der Waals surface area contributed by atoms with Gasteiger partial charge in [-0.2, -0.15) is 0 Å². The maximum absolute atomic E-state index is 2.44. The van der Waals surface area contributed by atoms with Gasteiger partial charge in [-0.25, -0.2) is 0 Å². The van der Waals surface area contributed by atoms with Crippen LogP contribution in [0.15, 0.2) is 279 Å². The molecule has 0 aliphatic heterocycles. The average molecular weight is 843 g/mol. The van der Waals surface area contributed by atoms with Crippen LogP contribution in [-0.4, -0.2) is 9.13 Å². The molecule has 12 rings (SSSR count). The Bertz CT molecular complexity index is 3200. The molecule has 12 aromatic rings. The maximum atomic E-state index is 2.44. The van der Waals surface area contributed by atoms with E-state index in [-0.39, 0.29) is 0 Å². The van der Waals surface area contributed by atoms with Gasteiger partial charge in [-0.05, 0) is 57.6 Å². The molecule has 2 nitrogen and oxygen atoms in total. The van der Waals surface area contributed by atoms with Gasteiger partial charge in [0.05, 0.1) is 33.5 Å². The van der Waals surface area contributed by atoms with Crippen molar-refractivity contribution >= 4 is 66.2 Å². The van der Waals surface area contributed by atoms with Crippen LogP contribution in [0.3, 0.4) is 0 Å². The lowest BCUT2D eigenvalue weighted by atomic mass is 9.92. The largest absolute Gasteiger partial charge is 0.308 e. The molecule has 312 valence electrons. The topological polar surface area (TPSA) is 9.86 Å². The first-order valence-corrected chi connectivity index (χ1v) is 22.6. The molecular weight excluding hydrogens is 797 g/mol. The standard InChI is InChI=1S/2C32H23N/c2*1-4-14-24(15-5-1)31(25-16-6-2-7-17-25)32(26-18-8-3-9-19-26)33-29-22-12-10-20-27(29)28-21-11-13-23-30(28)33/h2*1-23H. The van der Waals surface area contributed by atoms with E-state index in [2.05, 4.69) is 288 Å². The monoisotopic (exact) mass is 842 g/mol. The van der Waals surface area contributed by atoms with Crippen molar-refractivity contribution < 1.29 is 0 Å². The third-order valence-electron chi connectivity index (χ3n) is 12.4. The summed E-state index contributed by atoms with van der Waals surface area (Å²) in [6.07, 6.45) is 0. The molecule has 0 saturated carbocycles. The number of fused-ring (bicyclic) bond motifs is 6. The van der Waals surface area contributed by atoms with Crippen LogP contribution >= 0.6 is 0 Å². The van der Waals surface area contributed by atoms with Crippen molar-refractivity contribution in [1.82, 2.24) is 9.13 Å². The highest BCUT2D eigenvalue weighted by Crippen LogP contribution is 2.41. The lowest BCUT2D eigenvalue weighted by molar-refractivity contribution is 1.21. The number of hydrogen-bond acceptors (Lipinski definition) is 0. The molecule has 0 amide bonds. The lowest BCUT2D eigenvalue weighted by Gasteiger charge is -2.20. The van der Waals surface area contributed by atoms with E-state index in [0.29, 0.717) is 0 Å². The van der Waals surface area contributed by atoms with E-state index in [1.807, 2.05) is 0 Å². The Kier molecular flexibility index (Phi) is 11.0. The summed E-state index contributed by atoms with van der Waals surface area (Å²) in [7, 11) is 0. The van der Waals surface area contributed by atoms with Crippen molar-refractivity contribution in [2.45, 2.75) is 0 Å². The Morgan fingerprint density at radius 1 is 0.182 bits per heavy atom. The van der Waals surface area contributed by atoms with Crippen molar-refractivity contribution in [3.05, 3.63) is 312 Å². The fourth-order valence-electron chi connectivity index (χ4n) is 9.59. The molecule has 0 saturated heterocycles. The molecule has 0 aliphatic rings. The Morgan fingerprint density at radius 2 is 0.364 bits per heavy atom. The average Bonchev–Trinajstić information content (AvgIpc) is 3.91. The first-order chi connectivity index (χ1) is 32.8. The zero-order valence-electron chi connectivity index (χ0n) is 36.5. The van der Waals surface area contributed by atoms with E-state index in [9.17, 15) is 0 Å². The van der Waals surface area contributed by atoms with E-state index in [0.717, 1.165) is 0 Å². The smallest absolute Gasteiger partial charge is 0.0618 e. The van der Waals surface area contributed by atoms with Crippen LogP contribution in [-0.2, 0) is 0 Å². The summed E-state index contributed by atoms with van der Waals surface area (Å²) >= 11 is 0. The highest BCUT2D eigenvalue weighted by molar-refractivity contribution is 6.15. The van der Waals surface area contributed by atoms with Crippen LogP contribution in [0, 0.1) is 0 Å². The molecule has 2 heteroatoms. The minimum Gasteiger partial charge on any atom is -0.308 e. The van der Waals surface area contributed by atoms with Gasteiger partial charge in [0.2, 0.25) is 0 Å². The molecule has 0 atom stereocenters. The van der Waals surface area contributed by atoms with Crippen LogP contribution < -0.4 is 0 Å². The molecule has 10 aromatic carbocycles. The summed E-state index contributed by atoms with van der Waals surface area (Å²) in [5, 5.41) is 5.06. The molecular formula is C64H46N2. The van der Waals surface area contributed by atoms with Crippen molar-refractivity contribution in [1.29, 1.82) is 0 Å². The van der Waals surface area contributed by atoms with E-state index in [1.54, 1.807) is 0 Å². The SMILES string of the molecule is c1ccc(C(=C(c2ccccc2)n2c3ccccc3c3ccccc32)c2ccccc2)cc1.c1ccc(C(=C(c2ccccc2)n2c3ccccc3c3ccccc32)c2ccccc2)cc1. The van der Waals surface area contributed by atoms with Gasteiger partial charge in [0, 0.05) is 32.7 Å². The molecule has 0 spiro atoms. The van der Waals surface area contributed by atoms with Crippen LogP contribution in [0.4, 0.5) is 0 Å². The molecule has 0 radical (unpaired) electrons. The summed E-state index contributed by atoms with van der Waals surface area (Å²) in [4.78, 5) is 0. The quantitative estimate of drug-likeness (QED) is 0.135. The zero-order valence-corrected chi connectivity index (χ0v) is 36.5. The predicted octanol–water partition coefficient (Wildman–Crippen LogP) is 16.5.